The van der Waals surface area contributed by atoms with Crippen LogP contribution in [0.4, 0.5) is 24.7 Å². The summed E-state index contributed by atoms with van der Waals surface area (Å²) >= 11 is 12.0. The Kier molecular flexibility index (Phi) is 7.43. The van der Waals surface area contributed by atoms with Gasteiger partial charge >= 0.3 is 12.1 Å². The maximum atomic E-state index is 13.8. The third-order valence-electron chi connectivity index (χ3n) is 6.16. The van der Waals surface area contributed by atoms with Crippen molar-refractivity contribution in [3.8, 4) is 11.5 Å². The van der Waals surface area contributed by atoms with Crippen LogP contribution in [-0.4, -0.2) is 21.8 Å². The van der Waals surface area contributed by atoms with E-state index < -0.39 is 29.7 Å². The van der Waals surface area contributed by atoms with Gasteiger partial charge in [0.1, 0.15) is 23.0 Å². The quantitative estimate of drug-likeness (QED) is 0.301. The van der Waals surface area contributed by atoms with Gasteiger partial charge < -0.3 is 19.7 Å². The van der Waals surface area contributed by atoms with Gasteiger partial charge in [0.2, 0.25) is 0 Å². The third kappa shape index (κ3) is 5.90. The minimum atomic E-state index is -4.88. The maximum Gasteiger partial charge on any atom is 0.573 e. The Morgan fingerprint density at radius 3 is 2.05 bits per heavy atom. The first-order chi connectivity index (χ1) is 19.0. The Labute approximate surface area is 235 Å². The molecule has 1 unspecified atom stereocenters. The second kappa shape index (κ2) is 10.8. The molecular weight excluding hydrogens is 572 g/mol. The van der Waals surface area contributed by atoms with E-state index in [0.29, 0.717) is 15.6 Å². The molecule has 0 fully saturated rings. The van der Waals surface area contributed by atoms with Crippen LogP contribution in [0.5, 0.6) is 11.5 Å². The van der Waals surface area contributed by atoms with Crippen molar-refractivity contribution in [3.63, 3.8) is 0 Å². The molecule has 8 nitrogen and oxygen atoms in total. The van der Waals surface area contributed by atoms with Crippen molar-refractivity contribution < 1.29 is 22.6 Å². The molecule has 3 aromatic carbocycles. The molecule has 0 radical (unpaired) electrons. The fraction of sp³-hybridized carbons (Fsp3) is 0.185. The van der Waals surface area contributed by atoms with Crippen molar-refractivity contribution in [2.45, 2.75) is 25.8 Å². The number of aromatic nitrogens is 2. The Hall–Kier alpha value is -4.09. The highest BCUT2D eigenvalue weighted by molar-refractivity contribution is 6.30. The topological polar surface area (TPSA) is 77.7 Å². The van der Waals surface area contributed by atoms with Crippen molar-refractivity contribution in [1.29, 1.82) is 0 Å². The molecule has 0 amide bonds. The number of benzene rings is 3. The van der Waals surface area contributed by atoms with Crippen LogP contribution in [0.1, 0.15) is 11.1 Å². The number of alkyl halides is 3. The van der Waals surface area contributed by atoms with E-state index in [1.54, 1.807) is 53.4 Å². The summed E-state index contributed by atoms with van der Waals surface area (Å²) in [6.45, 7) is 0.141. The average Bonchev–Trinajstić information content (AvgIpc) is 3.24. The summed E-state index contributed by atoms with van der Waals surface area (Å²) in [5.41, 5.74) is 0.458. The zero-order valence-electron chi connectivity index (χ0n) is 20.8. The Morgan fingerprint density at radius 1 is 0.875 bits per heavy atom. The van der Waals surface area contributed by atoms with Crippen LogP contribution in [0.3, 0.4) is 0 Å². The zero-order chi connectivity index (χ0) is 28.6. The standard InChI is InChI=1S/C27H21Cl2F3N4O4/c1-34-23-22(24(37)36(26(34)38)15-17-7-11-19(29)12-8-17)35(14-16-5-9-18(28)10-6-16)25(33-23)39-20-3-2-4-21(13-20)40-27(30,31)32/h2-13,25,33H,14-15H2,1H3. The number of halogens is 5. The second-order valence-corrected chi connectivity index (χ2v) is 9.82. The molecule has 0 saturated carbocycles. The van der Waals surface area contributed by atoms with Crippen LogP contribution < -0.4 is 30.9 Å². The van der Waals surface area contributed by atoms with Gasteiger partial charge in [0.25, 0.3) is 11.9 Å². The molecule has 1 aliphatic heterocycles. The van der Waals surface area contributed by atoms with E-state index in [-0.39, 0.29) is 30.3 Å². The van der Waals surface area contributed by atoms with Crippen LogP contribution in [0.15, 0.2) is 82.4 Å². The SMILES string of the molecule is Cn1c2c(c(=O)n(Cc3ccc(Cl)cc3)c1=O)N(Cc1ccc(Cl)cc1)C(Oc1cccc(OC(F)(F)F)c1)N2. The molecule has 1 N–H and O–H groups in total. The number of nitrogens with zero attached hydrogens (tertiary/aromatic N) is 3. The molecule has 40 heavy (non-hydrogen) atoms. The number of anilines is 2. The monoisotopic (exact) mass is 592 g/mol. The molecular formula is C27H21Cl2F3N4O4. The normalized spacial score (nSPS) is 14.6. The Morgan fingerprint density at radius 2 is 1.45 bits per heavy atom. The Bertz CT molecular complexity index is 1660. The molecule has 5 rings (SSSR count). The van der Waals surface area contributed by atoms with Crippen molar-refractivity contribution in [1.82, 2.24) is 9.13 Å². The van der Waals surface area contributed by atoms with Gasteiger partial charge in [0.05, 0.1) is 6.54 Å². The minimum Gasteiger partial charge on any atom is -0.452 e. The zero-order valence-corrected chi connectivity index (χ0v) is 22.3. The lowest BCUT2D eigenvalue weighted by molar-refractivity contribution is -0.274. The van der Waals surface area contributed by atoms with Gasteiger partial charge in [-0.2, -0.15) is 0 Å². The van der Waals surface area contributed by atoms with Crippen molar-refractivity contribution in [2.24, 2.45) is 7.05 Å². The van der Waals surface area contributed by atoms with E-state index >= 15 is 0 Å². The highest BCUT2D eigenvalue weighted by Gasteiger charge is 2.37. The van der Waals surface area contributed by atoms with Crippen molar-refractivity contribution in [2.75, 3.05) is 10.2 Å². The van der Waals surface area contributed by atoms with Crippen molar-refractivity contribution in [3.05, 3.63) is 115 Å². The fourth-order valence-corrected chi connectivity index (χ4v) is 4.57. The fourth-order valence-electron chi connectivity index (χ4n) is 4.31. The predicted octanol–water partition coefficient (Wildman–Crippen LogP) is 5.60. The lowest BCUT2D eigenvalue weighted by atomic mass is 10.2. The van der Waals surface area contributed by atoms with E-state index in [1.807, 2.05) is 0 Å². The average molecular weight is 593 g/mol. The smallest absolute Gasteiger partial charge is 0.452 e. The summed E-state index contributed by atoms with van der Waals surface area (Å²) in [6.07, 6.45) is -5.94. The first kappa shape index (κ1) is 27.5. The van der Waals surface area contributed by atoms with Crippen LogP contribution in [0.2, 0.25) is 10.0 Å². The van der Waals surface area contributed by atoms with Gasteiger partial charge in [-0.05, 0) is 47.5 Å². The molecule has 1 aromatic heterocycles. The predicted molar refractivity (Wildman–Crippen MR) is 145 cm³/mol. The lowest BCUT2D eigenvalue weighted by Gasteiger charge is -2.27. The summed E-state index contributed by atoms with van der Waals surface area (Å²) < 4.78 is 50.7. The van der Waals surface area contributed by atoms with Gasteiger partial charge in [-0.1, -0.05) is 53.5 Å². The molecule has 0 spiro atoms. The third-order valence-corrected chi connectivity index (χ3v) is 6.67. The molecule has 1 aliphatic rings. The van der Waals surface area contributed by atoms with Crippen molar-refractivity contribution >= 4 is 34.7 Å². The molecule has 4 aromatic rings. The molecule has 2 heterocycles. The summed E-state index contributed by atoms with van der Waals surface area (Å²) in [5, 5.41) is 4.06. The van der Waals surface area contributed by atoms with Crippen LogP contribution in [0.25, 0.3) is 0 Å². The molecule has 208 valence electrons. The molecule has 1 atom stereocenters. The first-order valence-electron chi connectivity index (χ1n) is 11.9. The number of rotatable bonds is 7. The minimum absolute atomic E-state index is 0.00685. The first-order valence-corrected chi connectivity index (χ1v) is 12.6. The molecule has 0 bridgehead atoms. The lowest BCUT2D eigenvalue weighted by Crippen LogP contribution is -2.43. The van der Waals surface area contributed by atoms with E-state index in [1.165, 1.54) is 23.7 Å². The summed E-state index contributed by atoms with van der Waals surface area (Å²) in [6, 6.07) is 18.7. The largest absolute Gasteiger partial charge is 0.573 e. The number of nitrogens with one attached hydrogen (secondary N) is 1. The highest BCUT2D eigenvalue weighted by atomic mass is 35.5. The van der Waals surface area contributed by atoms with Gasteiger partial charge in [-0.3, -0.25) is 13.9 Å². The molecule has 0 aliphatic carbocycles. The van der Waals surface area contributed by atoms with E-state index in [2.05, 4.69) is 10.1 Å². The van der Waals surface area contributed by atoms with E-state index in [0.717, 1.165) is 22.3 Å². The van der Waals surface area contributed by atoms with Crippen LogP contribution >= 0.6 is 23.2 Å². The van der Waals surface area contributed by atoms with Gasteiger partial charge in [-0.15, -0.1) is 13.2 Å². The highest BCUT2D eigenvalue weighted by Crippen LogP contribution is 2.34. The maximum absolute atomic E-state index is 13.8. The number of hydrogen-bond acceptors (Lipinski definition) is 6. The van der Waals surface area contributed by atoms with Crippen LogP contribution in [0, 0.1) is 0 Å². The summed E-state index contributed by atoms with van der Waals surface area (Å²) in [7, 11) is 1.51. The van der Waals surface area contributed by atoms with Gasteiger partial charge in [-0.25, -0.2) is 4.79 Å². The summed E-state index contributed by atoms with van der Waals surface area (Å²) in [4.78, 5) is 28.6. The molecule has 13 heteroatoms. The number of fused-ring (bicyclic) bond motifs is 1. The second-order valence-electron chi connectivity index (χ2n) is 8.95. The number of hydrogen-bond donors (Lipinski definition) is 1. The van der Waals surface area contributed by atoms with Crippen LogP contribution in [-0.2, 0) is 20.1 Å². The van der Waals surface area contributed by atoms with Gasteiger partial charge in [0.15, 0.2) is 0 Å². The number of ether oxygens (including phenoxy) is 2. The Balaban J connectivity index is 1.55. The van der Waals surface area contributed by atoms with E-state index in [4.69, 9.17) is 27.9 Å². The van der Waals surface area contributed by atoms with E-state index in [9.17, 15) is 22.8 Å². The van der Waals surface area contributed by atoms with Gasteiger partial charge in [0, 0.05) is 29.7 Å². The summed E-state index contributed by atoms with van der Waals surface area (Å²) in [5.74, 6) is -0.230. The molecule has 0 saturated heterocycles.